The highest BCUT2D eigenvalue weighted by atomic mass is 35.5. The fraction of sp³-hybridized carbons (Fsp3) is 0.286. The molecule has 0 aliphatic heterocycles. The summed E-state index contributed by atoms with van der Waals surface area (Å²) in [6.45, 7) is 4.91. The summed E-state index contributed by atoms with van der Waals surface area (Å²) in [7, 11) is 0. The van der Waals surface area contributed by atoms with E-state index >= 15 is 0 Å². The summed E-state index contributed by atoms with van der Waals surface area (Å²) in [5.74, 6) is 0. The van der Waals surface area contributed by atoms with Crippen molar-refractivity contribution in [2.24, 2.45) is 0 Å². The van der Waals surface area contributed by atoms with Gasteiger partial charge in [0.1, 0.15) is 0 Å². The molecule has 4 nitrogen and oxygen atoms in total. The van der Waals surface area contributed by atoms with Crippen LogP contribution in [-0.4, -0.2) is 16.1 Å². The minimum atomic E-state index is -0.210. The van der Waals surface area contributed by atoms with Gasteiger partial charge in [-0.05, 0) is 32.0 Å². The molecule has 1 heterocycles. The first-order valence-corrected chi connectivity index (χ1v) is 6.49. The van der Waals surface area contributed by atoms with E-state index in [1.54, 1.807) is 4.57 Å². The molecule has 1 aromatic heterocycles. The molecule has 0 amide bonds. The molecule has 1 N–H and O–H groups in total. The molecule has 100 valence electrons. The fourth-order valence-electron chi connectivity index (χ4n) is 1.95. The quantitative estimate of drug-likeness (QED) is 0.934. The molecule has 0 radical (unpaired) electrons. The van der Waals surface area contributed by atoms with Crippen LogP contribution >= 0.6 is 11.6 Å². The van der Waals surface area contributed by atoms with Gasteiger partial charge >= 0.3 is 5.69 Å². The molecule has 0 bridgehead atoms. The van der Waals surface area contributed by atoms with Crippen LogP contribution in [0.5, 0.6) is 0 Å². The number of nitrogens with zero attached hydrogens (tertiary/aromatic N) is 2. The van der Waals surface area contributed by atoms with Gasteiger partial charge in [0.25, 0.3) is 0 Å². The number of hydrogen-bond donors (Lipinski definition) is 1. The lowest BCUT2D eigenvalue weighted by atomic mass is 10.3. The Morgan fingerprint density at radius 1 is 1.32 bits per heavy atom. The summed E-state index contributed by atoms with van der Waals surface area (Å²) in [4.78, 5) is 15.7. The molecule has 0 fully saturated rings. The zero-order valence-corrected chi connectivity index (χ0v) is 11.7. The van der Waals surface area contributed by atoms with Crippen LogP contribution < -0.4 is 11.0 Å². The van der Waals surface area contributed by atoms with Crippen molar-refractivity contribution < 1.29 is 0 Å². The van der Waals surface area contributed by atoms with Gasteiger partial charge in [0.05, 0.1) is 10.7 Å². The predicted octanol–water partition coefficient (Wildman–Crippen LogP) is 2.63. The number of nitrogens with one attached hydrogen (secondary N) is 1. The van der Waals surface area contributed by atoms with E-state index in [2.05, 4.69) is 10.3 Å². The lowest BCUT2D eigenvalue weighted by Crippen LogP contribution is -2.28. The van der Waals surface area contributed by atoms with Crippen molar-refractivity contribution >= 4 is 17.3 Å². The van der Waals surface area contributed by atoms with Crippen LogP contribution in [0.2, 0.25) is 5.02 Å². The molecule has 1 aromatic carbocycles. The van der Waals surface area contributed by atoms with Gasteiger partial charge in [-0.3, -0.25) is 4.57 Å². The lowest BCUT2D eigenvalue weighted by Gasteiger charge is -2.12. The number of halogens is 1. The maximum Gasteiger partial charge on any atom is 0.348 e. The molecule has 0 saturated heterocycles. The van der Waals surface area contributed by atoms with Gasteiger partial charge < -0.3 is 5.32 Å². The second-order valence-electron chi connectivity index (χ2n) is 4.38. The number of anilines is 1. The number of rotatable bonds is 4. The molecule has 0 atom stereocenters. The first-order valence-electron chi connectivity index (χ1n) is 6.11. The molecule has 19 heavy (non-hydrogen) atoms. The van der Waals surface area contributed by atoms with Crippen LogP contribution in [0.1, 0.15) is 11.4 Å². The molecule has 0 spiro atoms. The van der Waals surface area contributed by atoms with Crippen LogP contribution in [0.4, 0.5) is 5.69 Å². The summed E-state index contributed by atoms with van der Waals surface area (Å²) in [6.07, 6.45) is 0. The highest BCUT2D eigenvalue weighted by Gasteiger charge is 2.03. The van der Waals surface area contributed by atoms with Crippen molar-refractivity contribution in [3.05, 3.63) is 57.2 Å². The van der Waals surface area contributed by atoms with Gasteiger partial charge in [-0.15, -0.1) is 0 Å². The van der Waals surface area contributed by atoms with E-state index in [-0.39, 0.29) is 5.69 Å². The summed E-state index contributed by atoms with van der Waals surface area (Å²) < 4.78 is 1.65. The maximum absolute atomic E-state index is 11.8. The third-order valence-corrected chi connectivity index (χ3v) is 3.20. The molecular formula is C14H16ClN3O. The van der Waals surface area contributed by atoms with E-state index in [4.69, 9.17) is 11.6 Å². The zero-order chi connectivity index (χ0) is 13.8. The number of aromatic nitrogens is 2. The third kappa shape index (κ3) is 3.35. The Bertz CT molecular complexity index is 637. The standard InChI is InChI=1S/C14H16ClN3O/c1-10-9-11(2)18(14(19)17-10)8-7-16-13-6-4-3-5-12(13)15/h3-6,9,16H,7-8H2,1-2H3. The normalized spacial score (nSPS) is 10.5. The fourth-order valence-corrected chi connectivity index (χ4v) is 2.16. The largest absolute Gasteiger partial charge is 0.382 e. The average molecular weight is 278 g/mol. The number of para-hydroxylation sites is 1. The van der Waals surface area contributed by atoms with E-state index in [0.717, 1.165) is 17.1 Å². The Morgan fingerprint density at radius 3 is 2.74 bits per heavy atom. The second kappa shape index (κ2) is 5.89. The van der Waals surface area contributed by atoms with Gasteiger partial charge in [0.2, 0.25) is 0 Å². The van der Waals surface area contributed by atoms with Crippen molar-refractivity contribution in [1.82, 2.24) is 9.55 Å². The highest BCUT2D eigenvalue weighted by molar-refractivity contribution is 6.33. The van der Waals surface area contributed by atoms with Crippen molar-refractivity contribution in [1.29, 1.82) is 0 Å². The smallest absolute Gasteiger partial charge is 0.348 e. The van der Waals surface area contributed by atoms with E-state index in [9.17, 15) is 4.79 Å². The molecule has 0 aliphatic carbocycles. The lowest BCUT2D eigenvalue weighted by molar-refractivity contribution is 0.648. The molecule has 0 aliphatic rings. The predicted molar refractivity (Wildman–Crippen MR) is 77.9 cm³/mol. The molecule has 2 aromatic rings. The number of benzene rings is 1. The Balaban J connectivity index is 2.04. The van der Waals surface area contributed by atoms with Crippen LogP contribution in [0, 0.1) is 13.8 Å². The van der Waals surface area contributed by atoms with Crippen molar-refractivity contribution in [3.63, 3.8) is 0 Å². The van der Waals surface area contributed by atoms with Gasteiger partial charge in [-0.2, -0.15) is 4.98 Å². The SMILES string of the molecule is Cc1cc(C)n(CCNc2ccccc2Cl)c(=O)n1. The minimum absolute atomic E-state index is 0.210. The average Bonchev–Trinajstić information content (AvgIpc) is 2.34. The van der Waals surface area contributed by atoms with Gasteiger partial charge in [-0.1, -0.05) is 23.7 Å². The van der Waals surface area contributed by atoms with Crippen LogP contribution in [0.3, 0.4) is 0 Å². The van der Waals surface area contributed by atoms with E-state index in [0.29, 0.717) is 18.1 Å². The molecular weight excluding hydrogens is 262 g/mol. The Morgan fingerprint density at radius 2 is 2.05 bits per heavy atom. The highest BCUT2D eigenvalue weighted by Crippen LogP contribution is 2.19. The maximum atomic E-state index is 11.8. The van der Waals surface area contributed by atoms with Gasteiger partial charge in [-0.25, -0.2) is 4.79 Å². The summed E-state index contributed by atoms with van der Waals surface area (Å²) >= 11 is 6.05. The van der Waals surface area contributed by atoms with Crippen molar-refractivity contribution in [3.8, 4) is 0 Å². The minimum Gasteiger partial charge on any atom is -0.382 e. The van der Waals surface area contributed by atoms with Crippen molar-refractivity contribution in [2.75, 3.05) is 11.9 Å². The van der Waals surface area contributed by atoms with E-state index in [1.165, 1.54) is 0 Å². The van der Waals surface area contributed by atoms with Gasteiger partial charge in [0, 0.05) is 24.5 Å². The zero-order valence-electron chi connectivity index (χ0n) is 11.0. The second-order valence-corrected chi connectivity index (χ2v) is 4.79. The third-order valence-electron chi connectivity index (χ3n) is 2.87. The van der Waals surface area contributed by atoms with Gasteiger partial charge in [0.15, 0.2) is 0 Å². The number of aryl methyl sites for hydroxylation is 2. The Labute approximate surface area is 117 Å². The summed E-state index contributed by atoms with van der Waals surface area (Å²) in [5, 5.41) is 3.89. The number of hydrogen-bond acceptors (Lipinski definition) is 3. The topological polar surface area (TPSA) is 46.9 Å². The molecule has 2 rings (SSSR count). The Kier molecular flexibility index (Phi) is 4.22. The molecule has 5 heteroatoms. The summed E-state index contributed by atoms with van der Waals surface area (Å²) in [5.41, 5.74) is 2.32. The molecule has 0 unspecified atom stereocenters. The Hall–Kier alpha value is -1.81. The van der Waals surface area contributed by atoms with Crippen LogP contribution in [0.25, 0.3) is 0 Å². The van der Waals surface area contributed by atoms with Crippen molar-refractivity contribution in [2.45, 2.75) is 20.4 Å². The van der Waals surface area contributed by atoms with E-state index in [1.807, 2.05) is 44.2 Å². The summed E-state index contributed by atoms with van der Waals surface area (Å²) in [6, 6.07) is 9.43. The first-order chi connectivity index (χ1) is 9.08. The first kappa shape index (κ1) is 13.6. The molecule has 0 saturated carbocycles. The monoisotopic (exact) mass is 277 g/mol. The van der Waals surface area contributed by atoms with E-state index < -0.39 is 0 Å². The van der Waals surface area contributed by atoms with Crippen LogP contribution in [0.15, 0.2) is 35.1 Å². The van der Waals surface area contributed by atoms with Crippen LogP contribution in [-0.2, 0) is 6.54 Å².